The molecule has 1 rings (SSSR count). The molecule has 5 heteroatoms. The van der Waals surface area contributed by atoms with Gasteiger partial charge in [-0.2, -0.15) is 13.2 Å². The molecule has 0 radical (unpaired) electrons. The molecule has 0 aliphatic heterocycles. The summed E-state index contributed by atoms with van der Waals surface area (Å²) in [6.45, 7) is 0.627. The zero-order valence-electron chi connectivity index (χ0n) is 10.4. The summed E-state index contributed by atoms with van der Waals surface area (Å²) in [7, 11) is 1.32. The van der Waals surface area contributed by atoms with Gasteiger partial charge in [0.15, 0.2) is 5.78 Å². The summed E-state index contributed by atoms with van der Waals surface area (Å²) < 4.78 is 36.9. The molecule has 0 aliphatic rings. The van der Waals surface area contributed by atoms with Gasteiger partial charge in [-0.3, -0.25) is 9.69 Å². The molecule has 0 aromatic heterocycles. The van der Waals surface area contributed by atoms with Crippen LogP contribution < -0.4 is 0 Å². The van der Waals surface area contributed by atoms with Gasteiger partial charge in [-0.25, -0.2) is 0 Å². The van der Waals surface area contributed by atoms with E-state index in [1.807, 2.05) is 0 Å². The number of hydrogen-bond donors (Lipinski definition) is 0. The minimum Gasteiger partial charge on any atom is -0.292 e. The number of benzene rings is 1. The maximum absolute atomic E-state index is 12.3. The molecule has 0 spiro atoms. The lowest BCUT2D eigenvalue weighted by atomic mass is 10.0. The number of carbonyl (C=O) groups is 1. The summed E-state index contributed by atoms with van der Waals surface area (Å²) in [6.07, 6.45) is -3.94. The third kappa shape index (κ3) is 4.14. The average Bonchev–Trinajstić information content (AvgIpc) is 2.28. The molecule has 1 aromatic rings. The molecule has 0 saturated heterocycles. The van der Waals surface area contributed by atoms with Crippen molar-refractivity contribution in [3.8, 4) is 0 Å². The van der Waals surface area contributed by atoms with E-state index in [1.165, 1.54) is 7.05 Å². The van der Waals surface area contributed by atoms with Crippen LogP contribution in [-0.2, 0) is 0 Å². The van der Waals surface area contributed by atoms with Crippen LogP contribution in [0.1, 0.15) is 23.7 Å². The fourth-order valence-corrected chi connectivity index (χ4v) is 1.89. The lowest BCUT2D eigenvalue weighted by Gasteiger charge is -2.26. The van der Waals surface area contributed by atoms with Crippen molar-refractivity contribution in [3.05, 3.63) is 35.9 Å². The molecule has 1 aromatic carbocycles. The molecule has 18 heavy (non-hydrogen) atoms. The fraction of sp³-hybridized carbons (Fsp3) is 0.462. The maximum Gasteiger partial charge on any atom is 0.401 e. The smallest absolute Gasteiger partial charge is 0.292 e. The van der Waals surface area contributed by atoms with Crippen molar-refractivity contribution < 1.29 is 18.0 Å². The zero-order chi connectivity index (χ0) is 13.8. The predicted molar refractivity (Wildman–Crippen MR) is 63.5 cm³/mol. The maximum atomic E-state index is 12.3. The van der Waals surface area contributed by atoms with Crippen molar-refractivity contribution in [2.24, 2.45) is 0 Å². The number of Topliss-reactive ketones (excluding diaryl/α,β-unsaturated/α-hetero) is 1. The predicted octanol–water partition coefficient (Wildman–Crippen LogP) is 3.14. The van der Waals surface area contributed by atoms with Crippen LogP contribution in [0.15, 0.2) is 30.3 Å². The van der Waals surface area contributed by atoms with Gasteiger partial charge >= 0.3 is 6.18 Å². The minimum absolute atomic E-state index is 0.273. The Labute approximate surface area is 104 Å². The molecular formula is C13H16F3NO. The molecule has 0 aliphatic carbocycles. The highest BCUT2D eigenvalue weighted by Gasteiger charge is 2.33. The van der Waals surface area contributed by atoms with Crippen molar-refractivity contribution in [3.63, 3.8) is 0 Å². The van der Waals surface area contributed by atoms with Crippen molar-refractivity contribution in [1.29, 1.82) is 0 Å². The lowest BCUT2D eigenvalue weighted by Crippen LogP contribution is -2.43. The van der Waals surface area contributed by atoms with Crippen molar-refractivity contribution >= 4 is 5.78 Å². The van der Waals surface area contributed by atoms with Gasteiger partial charge in [0.05, 0.1) is 12.6 Å². The summed E-state index contributed by atoms with van der Waals surface area (Å²) in [5, 5.41) is 0. The first-order chi connectivity index (χ1) is 8.35. The number of rotatable bonds is 5. The van der Waals surface area contributed by atoms with Crippen LogP contribution in [0.5, 0.6) is 0 Å². The number of ketones is 1. The number of halogens is 3. The van der Waals surface area contributed by atoms with Crippen LogP contribution in [0.4, 0.5) is 13.2 Å². The third-order valence-corrected chi connectivity index (χ3v) is 2.71. The molecule has 0 amide bonds. The van der Waals surface area contributed by atoms with E-state index in [9.17, 15) is 18.0 Å². The first-order valence-electron chi connectivity index (χ1n) is 5.71. The van der Waals surface area contributed by atoms with E-state index in [2.05, 4.69) is 0 Å². The summed E-state index contributed by atoms with van der Waals surface area (Å²) in [4.78, 5) is 13.1. The number of nitrogens with zero attached hydrogens (tertiary/aromatic N) is 1. The second-order valence-electron chi connectivity index (χ2n) is 4.18. The van der Waals surface area contributed by atoms with Gasteiger partial charge in [-0.15, -0.1) is 0 Å². The number of alkyl halides is 3. The fourth-order valence-electron chi connectivity index (χ4n) is 1.89. The molecule has 0 fully saturated rings. The second kappa shape index (κ2) is 6.00. The Hall–Kier alpha value is -1.36. The Bertz CT molecular complexity index is 389. The first kappa shape index (κ1) is 14.7. The Morgan fingerprint density at radius 2 is 1.83 bits per heavy atom. The Balaban J connectivity index is 2.81. The van der Waals surface area contributed by atoms with Gasteiger partial charge < -0.3 is 0 Å². The summed E-state index contributed by atoms with van der Waals surface area (Å²) in [5.74, 6) is -0.273. The van der Waals surface area contributed by atoms with Crippen molar-refractivity contribution in [2.45, 2.75) is 25.6 Å². The molecule has 100 valence electrons. The van der Waals surface area contributed by atoms with Gasteiger partial charge in [0, 0.05) is 5.56 Å². The standard InChI is InChI=1S/C13H16F3NO/c1-3-11(17(2)9-13(14,15)16)12(18)10-7-5-4-6-8-10/h4-8,11H,3,9H2,1-2H3. The zero-order valence-corrected chi connectivity index (χ0v) is 10.4. The topological polar surface area (TPSA) is 20.3 Å². The number of carbonyl (C=O) groups excluding carboxylic acids is 1. The van der Waals surface area contributed by atoms with Crippen molar-refractivity contribution in [2.75, 3.05) is 13.6 Å². The minimum atomic E-state index is -4.29. The SMILES string of the molecule is CCC(C(=O)c1ccccc1)N(C)CC(F)(F)F. The Kier molecular flexibility index (Phi) is 4.90. The first-order valence-corrected chi connectivity index (χ1v) is 5.71. The number of likely N-dealkylation sites (N-methyl/N-ethyl adjacent to an activating group) is 1. The third-order valence-electron chi connectivity index (χ3n) is 2.71. The van der Waals surface area contributed by atoms with Crippen LogP contribution in [0.25, 0.3) is 0 Å². The highest BCUT2D eigenvalue weighted by Crippen LogP contribution is 2.19. The molecule has 0 N–H and O–H groups in total. The monoisotopic (exact) mass is 259 g/mol. The molecule has 1 unspecified atom stereocenters. The van der Waals surface area contributed by atoms with E-state index in [-0.39, 0.29) is 5.78 Å². The van der Waals surface area contributed by atoms with Gasteiger partial charge in [0.25, 0.3) is 0 Å². The Morgan fingerprint density at radius 1 is 1.28 bits per heavy atom. The van der Waals surface area contributed by atoms with Gasteiger partial charge in [-0.05, 0) is 13.5 Å². The molecule has 2 nitrogen and oxygen atoms in total. The second-order valence-corrected chi connectivity index (χ2v) is 4.18. The van der Waals surface area contributed by atoms with E-state index >= 15 is 0 Å². The molecule has 0 bridgehead atoms. The van der Waals surface area contributed by atoms with E-state index in [4.69, 9.17) is 0 Å². The Morgan fingerprint density at radius 3 is 2.28 bits per heavy atom. The van der Waals surface area contributed by atoms with E-state index < -0.39 is 18.8 Å². The highest BCUT2D eigenvalue weighted by molar-refractivity contribution is 6.00. The van der Waals surface area contributed by atoms with Gasteiger partial charge in [0.1, 0.15) is 0 Å². The van der Waals surface area contributed by atoms with E-state index in [1.54, 1.807) is 37.3 Å². The molecule has 0 saturated carbocycles. The summed E-state index contributed by atoms with van der Waals surface area (Å²) in [5.41, 5.74) is 0.443. The summed E-state index contributed by atoms with van der Waals surface area (Å²) >= 11 is 0. The van der Waals surface area contributed by atoms with Crippen LogP contribution in [0.3, 0.4) is 0 Å². The molecule has 0 heterocycles. The molecule has 1 atom stereocenters. The summed E-state index contributed by atoms with van der Waals surface area (Å²) in [6, 6.07) is 7.65. The van der Waals surface area contributed by atoms with Crippen LogP contribution in [-0.4, -0.2) is 36.5 Å². The van der Waals surface area contributed by atoms with Gasteiger partial charge in [-0.1, -0.05) is 37.3 Å². The lowest BCUT2D eigenvalue weighted by molar-refractivity contribution is -0.145. The van der Waals surface area contributed by atoms with Gasteiger partial charge in [0.2, 0.25) is 0 Å². The largest absolute Gasteiger partial charge is 0.401 e. The molecular weight excluding hydrogens is 243 g/mol. The van der Waals surface area contributed by atoms with E-state index in [0.717, 1.165) is 4.90 Å². The van der Waals surface area contributed by atoms with Crippen molar-refractivity contribution in [1.82, 2.24) is 4.90 Å². The van der Waals surface area contributed by atoms with Crippen LogP contribution >= 0.6 is 0 Å². The van der Waals surface area contributed by atoms with E-state index in [0.29, 0.717) is 12.0 Å². The van der Waals surface area contributed by atoms with Crippen LogP contribution in [0.2, 0.25) is 0 Å². The normalized spacial score (nSPS) is 13.7. The average molecular weight is 259 g/mol. The van der Waals surface area contributed by atoms with Crippen LogP contribution in [0, 0.1) is 0 Å². The quantitative estimate of drug-likeness (QED) is 0.757. The number of hydrogen-bond acceptors (Lipinski definition) is 2. The highest BCUT2D eigenvalue weighted by atomic mass is 19.4.